The molecule has 64 valence electrons. The van der Waals surface area contributed by atoms with Crippen molar-refractivity contribution >= 4 is 12.4 Å². The largest absolute Gasteiger partial charge is 0.316 e. The van der Waals surface area contributed by atoms with Crippen LogP contribution in [-0.4, -0.2) is 13.1 Å². The van der Waals surface area contributed by atoms with Gasteiger partial charge in [0.25, 0.3) is 0 Å². The molecule has 1 N–H and O–H groups in total. The fourth-order valence-electron chi connectivity index (χ4n) is 2.11. The van der Waals surface area contributed by atoms with Gasteiger partial charge in [0.2, 0.25) is 0 Å². The molecule has 0 radical (unpaired) electrons. The zero-order chi connectivity index (χ0) is 6.81. The Bertz CT molecular complexity index is 128. The number of halogens is 1. The van der Waals surface area contributed by atoms with Crippen molar-refractivity contribution < 1.29 is 0 Å². The van der Waals surface area contributed by atoms with Gasteiger partial charge in [0.05, 0.1) is 0 Å². The van der Waals surface area contributed by atoms with Gasteiger partial charge in [-0.05, 0) is 44.2 Å². The molecule has 1 aliphatic heterocycles. The van der Waals surface area contributed by atoms with Gasteiger partial charge in [0, 0.05) is 0 Å². The Kier molecular flexibility index (Phi) is 3.41. The Hall–Kier alpha value is -0.0100. The maximum absolute atomic E-state index is 3.45. The molecule has 2 unspecified atom stereocenters. The van der Waals surface area contributed by atoms with E-state index < -0.39 is 0 Å². The predicted molar refractivity (Wildman–Crippen MR) is 50.1 cm³/mol. The molecule has 0 aromatic heterocycles. The van der Waals surface area contributed by atoms with Gasteiger partial charge < -0.3 is 5.32 Å². The highest BCUT2D eigenvalue weighted by atomic mass is 35.5. The molecule has 0 amide bonds. The fourth-order valence-corrected chi connectivity index (χ4v) is 2.11. The highest BCUT2D eigenvalue weighted by Gasteiger charge is 2.24. The van der Waals surface area contributed by atoms with Crippen molar-refractivity contribution in [1.29, 1.82) is 0 Å². The van der Waals surface area contributed by atoms with Gasteiger partial charge in [-0.1, -0.05) is 12.2 Å². The van der Waals surface area contributed by atoms with Crippen molar-refractivity contribution in [2.75, 3.05) is 13.1 Å². The first kappa shape index (κ1) is 9.08. The van der Waals surface area contributed by atoms with E-state index in [1.807, 2.05) is 0 Å². The van der Waals surface area contributed by atoms with Gasteiger partial charge in [0.15, 0.2) is 0 Å². The van der Waals surface area contributed by atoms with E-state index in [-0.39, 0.29) is 12.4 Å². The quantitative estimate of drug-likeness (QED) is 0.553. The first-order valence-electron chi connectivity index (χ1n) is 4.32. The highest BCUT2D eigenvalue weighted by Crippen LogP contribution is 2.29. The van der Waals surface area contributed by atoms with Crippen LogP contribution in [0.2, 0.25) is 0 Å². The van der Waals surface area contributed by atoms with E-state index in [4.69, 9.17) is 0 Å². The van der Waals surface area contributed by atoms with E-state index in [0.29, 0.717) is 0 Å². The molecule has 0 spiro atoms. The van der Waals surface area contributed by atoms with Crippen LogP contribution in [-0.2, 0) is 0 Å². The second-order valence-electron chi connectivity index (χ2n) is 3.46. The average Bonchev–Trinajstić information content (AvgIpc) is 2.05. The molecule has 1 saturated heterocycles. The molecule has 2 rings (SSSR count). The topological polar surface area (TPSA) is 12.0 Å². The summed E-state index contributed by atoms with van der Waals surface area (Å²) in [6.07, 6.45) is 8.75. The minimum absolute atomic E-state index is 0. The minimum Gasteiger partial charge on any atom is -0.316 e. The zero-order valence-corrected chi connectivity index (χ0v) is 7.57. The van der Waals surface area contributed by atoms with Crippen LogP contribution in [0.15, 0.2) is 12.2 Å². The van der Waals surface area contributed by atoms with Gasteiger partial charge in [-0.15, -0.1) is 12.4 Å². The van der Waals surface area contributed by atoms with E-state index in [9.17, 15) is 0 Å². The molecular formula is C9H16ClN. The van der Waals surface area contributed by atoms with E-state index in [2.05, 4.69) is 17.5 Å². The SMILES string of the molecule is C1=CCC2CNCCC2C1.Cl. The van der Waals surface area contributed by atoms with Crippen LogP contribution in [0, 0.1) is 11.8 Å². The number of hydrogen-bond donors (Lipinski definition) is 1. The van der Waals surface area contributed by atoms with Gasteiger partial charge >= 0.3 is 0 Å². The summed E-state index contributed by atoms with van der Waals surface area (Å²) in [4.78, 5) is 0. The third-order valence-electron chi connectivity index (χ3n) is 2.81. The van der Waals surface area contributed by atoms with Crippen LogP contribution in [0.5, 0.6) is 0 Å². The van der Waals surface area contributed by atoms with Crippen LogP contribution in [0.4, 0.5) is 0 Å². The molecule has 11 heavy (non-hydrogen) atoms. The van der Waals surface area contributed by atoms with Gasteiger partial charge in [-0.25, -0.2) is 0 Å². The predicted octanol–water partition coefficient (Wildman–Crippen LogP) is 1.98. The Morgan fingerprint density at radius 3 is 2.55 bits per heavy atom. The lowest BCUT2D eigenvalue weighted by atomic mass is 9.79. The first-order chi connectivity index (χ1) is 4.97. The molecule has 2 heteroatoms. The van der Waals surface area contributed by atoms with Gasteiger partial charge in [-0.3, -0.25) is 0 Å². The molecular weight excluding hydrogens is 158 g/mol. The van der Waals surface area contributed by atoms with Crippen LogP contribution in [0.1, 0.15) is 19.3 Å². The molecule has 0 saturated carbocycles. The first-order valence-corrected chi connectivity index (χ1v) is 4.32. The molecule has 2 atom stereocenters. The number of nitrogens with one attached hydrogen (secondary N) is 1. The minimum atomic E-state index is 0. The number of rotatable bonds is 0. The van der Waals surface area contributed by atoms with Gasteiger partial charge in [-0.2, -0.15) is 0 Å². The van der Waals surface area contributed by atoms with Crippen molar-refractivity contribution in [2.24, 2.45) is 11.8 Å². The number of hydrogen-bond acceptors (Lipinski definition) is 1. The average molecular weight is 174 g/mol. The molecule has 1 nitrogen and oxygen atoms in total. The lowest BCUT2D eigenvalue weighted by Gasteiger charge is -2.33. The molecule has 2 aliphatic rings. The third kappa shape index (κ3) is 1.97. The Labute approximate surface area is 74.7 Å². The normalized spacial score (nSPS) is 35.6. The monoisotopic (exact) mass is 173 g/mol. The summed E-state index contributed by atoms with van der Waals surface area (Å²) in [6, 6.07) is 0. The van der Waals surface area contributed by atoms with Crippen LogP contribution < -0.4 is 5.32 Å². The van der Waals surface area contributed by atoms with Crippen molar-refractivity contribution in [1.82, 2.24) is 5.32 Å². The Balaban J connectivity index is 0.000000605. The lowest BCUT2D eigenvalue weighted by molar-refractivity contribution is 0.248. The fraction of sp³-hybridized carbons (Fsp3) is 0.778. The summed E-state index contributed by atoms with van der Waals surface area (Å²) < 4.78 is 0. The van der Waals surface area contributed by atoms with Crippen molar-refractivity contribution in [3.63, 3.8) is 0 Å². The summed E-state index contributed by atoms with van der Waals surface area (Å²) in [5.41, 5.74) is 0. The van der Waals surface area contributed by atoms with Gasteiger partial charge in [0.1, 0.15) is 0 Å². The molecule has 1 aliphatic carbocycles. The van der Waals surface area contributed by atoms with Crippen LogP contribution in [0.3, 0.4) is 0 Å². The second kappa shape index (κ2) is 4.13. The van der Waals surface area contributed by atoms with Crippen LogP contribution >= 0.6 is 12.4 Å². The maximum Gasteiger partial charge on any atom is -0.00148 e. The zero-order valence-electron chi connectivity index (χ0n) is 6.75. The van der Waals surface area contributed by atoms with Crippen molar-refractivity contribution in [3.05, 3.63) is 12.2 Å². The van der Waals surface area contributed by atoms with E-state index >= 15 is 0 Å². The second-order valence-corrected chi connectivity index (χ2v) is 3.46. The summed E-state index contributed by atoms with van der Waals surface area (Å²) in [6.45, 7) is 2.50. The molecule has 1 fully saturated rings. The number of allylic oxidation sites excluding steroid dienone is 2. The van der Waals surface area contributed by atoms with Crippen molar-refractivity contribution in [3.8, 4) is 0 Å². The highest BCUT2D eigenvalue weighted by molar-refractivity contribution is 5.85. The molecule has 0 bridgehead atoms. The van der Waals surface area contributed by atoms with E-state index in [1.54, 1.807) is 0 Å². The summed E-state index contributed by atoms with van der Waals surface area (Å²) in [5.74, 6) is 1.96. The number of piperidine rings is 1. The van der Waals surface area contributed by atoms with E-state index in [0.717, 1.165) is 11.8 Å². The van der Waals surface area contributed by atoms with E-state index in [1.165, 1.54) is 32.4 Å². The Morgan fingerprint density at radius 2 is 1.82 bits per heavy atom. The maximum atomic E-state index is 3.45. The van der Waals surface area contributed by atoms with Crippen LogP contribution in [0.25, 0.3) is 0 Å². The summed E-state index contributed by atoms with van der Waals surface area (Å²) in [7, 11) is 0. The molecule has 1 heterocycles. The number of fused-ring (bicyclic) bond motifs is 1. The summed E-state index contributed by atoms with van der Waals surface area (Å²) >= 11 is 0. The standard InChI is InChI=1S/C9H15N.ClH/c1-2-4-9-7-10-6-5-8(9)3-1;/h1-2,8-10H,3-7H2;1H. The lowest BCUT2D eigenvalue weighted by Crippen LogP contribution is -2.37. The third-order valence-corrected chi connectivity index (χ3v) is 2.81. The smallest absolute Gasteiger partial charge is 0.00148 e. The Morgan fingerprint density at radius 1 is 1.09 bits per heavy atom. The summed E-state index contributed by atoms with van der Waals surface area (Å²) in [5, 5.41) is 3.45. The van der Waals surface area contributed by atoms with Crippen molar-refractivity contribution in [2.45, 2.75) is 19.3 Å². The molecule has 0 aromatic carbocycles. The molecule has 0 aromatic rings.